The first-order valence-electron chi connectivity index (χ1n) is 18.7. The summed E-state index contributed by atoms with van der Waals surface area (Å²) in [6, 6.07) is 20.0. The van der Waals surface area contributed by atoms with Crippen molar-refractivity contribution in [3.8, 4) is 34.3 Å². The number of ether oxygens (including phenoxy) is 2. The lowest BCUT2D eigenvalue weighted by Crippen LogP contribution is -2.38. The number of carbonyl (C=O) groups is 1. The average Bonchev–Trinajstić information content (AvgIpc) is 3.83. The maximum Gasteiger partial charge on any atom is 0.407 e. The fourth-order valence-corrected chi connectivity index (χ4v) is 7.10. The molecule has 296 valence electrons. The number of aryl methyl sites for hydroxylation is 2. The summed E-state index contributed by atoms with van der Waals surface area (Å²) in [6.45, 7) is 7.10. The summed E-state index contributed by atoms with van der Waals surface area (Å²) >= 11 is 0. The predicted octanol–water partition coefficient (Wildman–Crippen LogP) is 6.39. The van der Waals surface area contributed by atoms with Crippen LogP contribution in [-0.2, 0) is 9.47 Å². The second-order valence-electron chi connectivity index (χ2n) is 14.3. The molecule has 0 aliphatic carbocycles. The molecule has 8 rings (SSSR count). The van der Waals surface area contributed by atoms with Crippen molar-refractivity contribution in [3.63, 3.8) is 0 Å². The van der Waals surface area contributed by atoms with Crippen LogP contribution in [0.2, 0.25) is 0 Å². The minimum absolute atomic E-state index is 0.0238. The summed E-state index contributed by atoms with van der Waals surface area (Å²) in [6.07, 6.45) is 1.10. The van der Waals surface area contributed by atoms with Gasteiger partial charge in [-0.2, -0.15) is 0 Å². The van der Waals surface area contributed by atoms with E-state index in [0.717, 1.165) is 46.2 Å². The largest absolute Gasteiger partial charge is 0.507 e. The maximum absolute atomic E-state index is 14.5. The molecule has 0 bridgehead atoms. The van der Waals surface area contributed by atoms with Gasteiger partial charge in [0.15, 0.2) is 11.6 Å². The Balaban J connectivity index is 0.000000179. The first kappa shape index (κ1) is 39.1. The molecule has 4 heterocycles. The number of hydrogen-bond donors (Lipinski definition) is 4. The third-order valence-corrected chi connectivity index (χ3v) is 9.95. The molecule has 57 heavy (non-hydrogen) atoms. The number of alkyl carbamates (subject to hydrolysis) is 1. The van der Waals surface area contributed by atoms with Crippen molar-refractivity contribution in [3.05, 3.63) is 95.6 Å². The lowest BCUT2D eigenvalue weighted by atomic mass is 10.1. The Morgan fingerprint density at radius 2 is 1.30 bits per heavy atom. The number of nitrogens with two attached hydrogens (primary N) is 1. The van der Waals surface area contributed by atoms with Gasteiger partial charge in [-0.25, -0.2) is 33.5 Å². The standard InChI is InChI=1S/C23H25FN4O4.C19H19FN4O/c1-14-6-7-16-18(12-14)26-21(20-17(24)4-3-5-19(20)29)27-22(16)28-9-8-15(13-28)25-23(30)32-11-10-31-2;1-11-5-6-13-15(9-11)22-18(17-14(20)3-2-4-16(17)25)23-19(13)24-8-7-12(21)10-24/h3-7,12,15,29H,8-11,13H2,1-2H3,(H,25,30);2-6,9,12,25H,7-8,10,21H2,1H3/t15-;12-/m11/s1. The number of hydrogen-bond acceptors (Lipinski definition) is 12. The topological polar surface area (TPSA) is 172 Å². The number of phenols is 2. The predicted molar refractivity (Wildman–Crippen MR) is 214 cm³/mol. The van der Waals surface area contributed by atoms with E-state index >= 15 is 0 Å². The normalized spacial score (nSPS) is 16.5. The zero-order chi connectivity index (χ0) is 40.2. The first-order chi connectivity index (χ1) is 27.5. The fraction of sp³-hybridized carbons (Fsp3) is 0.310. The second-order valence-corrected chi connectivity index (χ2v) is 14.3. The monoisotopic (exact) mass is 778 g/mol. The van der Waals surface area contributed by atoms with Gasteiger partial charge in [0, 0.05) is 50.1 Å². The van der Waals surface area contributed by atoms with Crippen molar-refractivity contribution in [1.29, 1.82) is 0 Å². The highest BCUT2D eigenvalue weighted by atomic mass is 19.1. The first-order valence-corrected chi connectivity index (χ1v) is 18.7. The van der Waals surface area contributed by atoms with Crippen LogP contribution in [0, 0.1) is 25.5 Å². The molecule has 2 aromatic heterocycles. The third-order valence-electron chi connectivity index (χ3n) is 9.95. The number of fused-ring (bicyclic) bond motifs is 2. The Hall–Kier alpha value is -6.19. The number of anilines is 2. The zero-order valence-electron chi connectivity index (χ0n) is 31.9. The van der Waals surface area contributed by atoms with Gasteiger partial charge < -0.3 is 40.5 Å². The molecule has 0 saturated carbocycles. The minimum atomic E-state index is -0.595. The van der Waals surface area contributed by atoms with Gasteiger partial charge in [-0.15, -0.1) is 0 Å². The number of aromatic hydroxyl groups is 2. The number of methoxy groups -OCH3 is 1. The number of carbonyl (C=O) groups excluding carboxylic acids is 1. The van der Waals surface area contributed by atoms with E-state index in [2.05, 4.69) is 30.2 Å². The van der Waals surface area contributed by atoms with Crippen LogP contribution in [0.4, 0.5) is 25.2 Å². The van der Waals surface area contributed by atoms with Crippen LogP contribution in [0.15, 0.2) is 72.8 Å². The number of aromatic nitrogens is 4. The number of phenolic OH excluding ortho intramolecular Hbond substituents is 2. The summed E-state index contributed by atoms with van der Waals surface area (Å²) in [5, 5.41) is 24.9. The lowest BCUT2D eigenvalue weighted by Gasteiger charge is -2.21. The Bertz CT molecular complexity index is 2390. The Labute approximate surface area is 328 Å². The van der Waals surface area contributed by atoms with Crippen LogP contribution < -0.4 is 20.9 Å². The van der Waals surface area contributed by atoms with E-state index in [1.54, 1.807) is 7.11 Å². The van der Waals surface area contributed by atoms with E-state index in [-0.39, 0.29) is 53.0 Å². The van der Waals surface area contributed by atoms with Gasteiger partial charge in [0.25, 0.3) is 0 Å². The smallest absolute Gasteiger partial charge is 0.407 e. The van der Waals surface area contributed by atoms with Crippen molar-refractivity contribution >= 4 is 39.5 Å². The van der Waals surface area contributed by atoms with Crippen molar-refractivity contribution in [1.82, 2.24) is 25.3 Å². The molecule has 2 saturated heterocycles. The van der Waals surface area contributed by atoms with E-state index in [1.807, 2.05) is 55.1 Å². The molecule has 0 radical (unpaired) electrons. The SMILES string of the molecule is COCCOC(=O)N[C@@H]1CCN(c2nc(-c3c(O)cccc3F)nc3cc(C)ccc23)C1.Cc1ccc2c(N3CC[C@@H](N)C3)nc(-c3c(O)cccc3F)nc2c1. The summed E-state index contributed by atoms with van der Waals surface area (Å²) < 4.78 is 38.8. The van der Waals surface area contributed by atoms with E-state index < -0.39 is 17.7 Å². The Morgan fingerprint density at radius 3 is 1.79 bits per heavy atom. The zero-order valence-corrected chi connectivity index (χ0v) is 31.9. The average molecular weight is 779 g/mol. The van der Waals surface area contributed by atoms with E-state index in [0.29, 0.717) is 44.0 Å². The number of nitrogens with zero attached hydrogens (tertiary/aromatic N) is 6. The fourth-order valence-electron chi connectivity index (χ4n) is 7.10. The van der Waals surface area contributed by atoms with Crippen molar-refractivity contribution in [2.24, 2.45) is 5.73 Å². The number of amides is 1. The van der Waals surface area contributed by atoms with Gasteiger partial charge in [-0.1, -0.05) is 24.3 Å². The molecule has 2 atom stereocenters. The molecular formula is C42H44F2N8O5. The van der Waals surface area contributed by atoms with Crippen LogP contribution in [0.5, 0.6) is 11.5 Å². The lowest BCUT2D eigenvalue weighted by molar-refractivity contribution is 0.0969. The van der Waals surface area contributed by atoms with Gasteiger partial charge in [-0.05, 0) is 86.3 Å². The molecule has 4 aromatic carbocycles. The Kier molecular flexibility index (Phi) is 11.6. The molecular weight excluding hydrogens is 735 g/mol. The summed E-state index contributed by atoms with van der Waals surface area (Å²) in [4.78, 5) is 34.4. The van der Waals surface area contributed by atoms with Crippen LogP contribution in [0.3, 0.4) is 0 Å². The molecule has 5 N–H and O–H groups in total. The number of rotatable bonds is 8. The van der Waals surface area contributed by atoms with Crippen LogP contribution >= 0.6 is 0 Å². The number of nitrogens with one attached hydrogen (secondary N) is 1. The van der Waals surface area contributed by atoms with E-state index in [4.69, 9.17) is 15.2 Å². The van der Waals surface area contributed by atoms with Gasteiger partial charge in [0.05, 0.1) is 34.8 Å². The molecule has 2 aliphatic rings. The highest BCUT2D eigenvalue weighted by Crippen LogP contribution is 2.36. The molecule has 6 aromatic rings. The summed E-state index contributed by atoms with van der Waals surface area (Å²) in [7, 11) is 1.54. The molecule has 13 nitrogen and oxygen atoms in total. The quantitative estimate of drug-likeness (QED) is 0.126. The van der Waals surface area contributed by atoms with Gasteiger partial charge in [-0.3, -0.25) is 0 Å². The number of benzene rings is 4. The third kappa shape index (κ3) is 8.64. The van der Waals surface area contributed by atoms with Crippen LogP contribution in [0.25, 0.3) is 44.6 Å². The minimum Gasteiger partial charge on any atom is -0.507 e. The highest BCUT2D eigenvalue weighted by molar-refractivity contribution is 5.93. The van der Waals surface area contributed by atoms with Crippen LogP contribution in [-0.4, -0.2) is 94.8 Å². The van der Waals surface area contributed by atoms with E-state index in [9.17, 15) is 23.8 Å². The van der Waals surface area contributed by atoms with Gasteiger partial charge >= 0.3 is 6.09 Å². The van der Waals surface area contributed by atoms with E-state index in [1.165, 1.54) is 36.4 Å². The maximum atomic E-state index is 14.5. The van der Waals surface area contributed by atoms with Crippen molar-refractivity contribution in [2.45, 2.75) is 38.8 Å². The Morgan fingerprint density at radius 1 is 0.772 bits per heavy atom. The van der Waals surface area contributed by atoms with Crippen molar-refractivity contribution in [2.75, 3.05) is 56.3 Å². The van der Waals surface area contributed by atoms with Crippen LogP contribution in [0.1, 0.15) is 24.0 Å². The molecule has 1 amide bonds. The molecule has 0 spiro atoms. The molecule has 15 heteroatoms. The molecule has 2 aliphatic heterocycles. The highest BCUT2D eigenvalue weighted by Gasteiger charge is 2.28. The summed E-state index contributed by atoms with van der Waals surface area (Å²) in [5.41, 5.74) is 9.47. The second kappa shape index (κ2) is 16.9. The van der Waals surface area contributed by atoms with Gasteiger partial charge in [0.1, 0.15) is 41.4 Å². The van der Waals surface area contributed by atoms with Crippen molar-refractivity contribution < 1.29 is 33.3 Å². The summed E-state index contributed by atoms with van der Waals surface area (Å²) in [5.74, 6) is 0.131. The molecule has 0 unspecified atom stereocenters. The molecule has 2 fully saturated rings. The number of halogens is 2. The van der Waals surface area contributed by atoms with Gasteiger partial charge in [0.2, 0.25) is 0 Å².